The molecule has 2 N–H and O–H groups in total. The zero-order valence-electron chi connectivity index (χ0n) is 17.9. The van der Waals surface area contributed by atoms with Crippen molar-refractivity contribution < 1.29 is 0 Å². The van der Waals surface area contributed by atoms with Crippen LogP contribution < -0.4 is 10.6 Å². The van der Waals surface area contributed by atoms with Gasteiger partial charge in [0.05, 0.1) is 30.2 Å². The molecular formula is C23H21Cl3N6S. The molecule has 0 atom stereocenters. The molecular weight excluding hydrogens is 499 g/mol. The minimum atomic E-state index is 0.416. The number of rotatable bonds is 6. The van der Waals surface area contributed by atoms with Crippen LogP contribution in [0.15, 0.2) is 54.7 Å². The number of thiocarbonyl (C=S) groups is 1. The van der Waals surface area contributed by atoms with Crippen molar-refractivity contribution in [2.45, 2.75) is 26.9 Å². The standard InChI is InChI=1S/C23H21Cl3N6S/c1-14-22(15(2)32(29-14)12-16-6-3-4-7-18(16)24)28-23(33)27-21-10-11-31(30-21)13-17-19(25)8-5-9-20(17)26/h3-11H,12-13H2,1-2H3,(H2,27,28,30,33). The molecule has 0 radical (unpaired) electrons. The summed E-state index contributed by atoms with van der Waals surface area (Å²) < 4.78 is 3.65. The summed E-state index contributed by atoms with van der Waals surface area (Å²) in [5.74, 6) is 0.606. The van der Waals surface area contributed by atoms with Gasteiger partial charge in [-0.2, -0.15) is 10.2 Å². The fourth-order valence-corrected chi connectivity index (χ4v) is 4.36. The summed E-state index contributed by atoms with van der Waals surface area (Å²) in [5.41, 5.74) is 4.45. The highest BCUT2D eigenvalue weighted by atomic mass is 35.5. The van der Waals surface area contributed by atoms with Crippen LogP contribution in [-0.2, 0) is 13.1 Å². The number of halogens is 3. The molecule has 2 aromatic carbocycles. The largest absolute Gasteiger partial charge is 0.329 e. The molecule has 0 bridgehead atoms. The van der Waals surface area contributed by atoms with Crippen molar-refractivity contribution in [3.63, 3.8) is 0 Å². The predicted octanol–water partition coefficient (Wildman–Crippen LogP) is 6.56. The van der Waals surface area contributed by atoms with Crippen molar-refractivity contribution in [3.8, 4) is 0 Å². The van der Waals surface area contributed by atoms with Crippen molar-refractivity contribution >= 4 is 63.6 Å². The van der Waals surface area contributed by atoms with Gasteiger partial charge in [0, 0.05) is 32.9 Å². The number of aryl methyl sites for hydroxylation is 1. The second-order valence-electron chi connectivity index (χ2n) is 7.47. The molecule has 0 saturated carbocycles. The Morgan fingerprint density at radius 3 is 2.30 bits per heavy atom. The third-order valence-electron chi connectivity index (χ3n) is 5.16. The molecule has 4 aromatic rings. The van der Waals surface area contributed by atoms with Crippen LogP contribution in [0.3, 0.4) is 0 Å². The van der Waals surface area contributed by atoms with Crippen molar-refractivity contribution in [2.24, 2.45) is 0 Å². The van der Waals surface area contributed by atoms with Crippen LogP contribution in [0.5, 0.6) is 0 Å². The number of nitrogens with zero attached hydrogens (tertiary/aromatic N) is 4. The zero-order valence-corrected chi connectivity index (χ0v) is 21.0. The smallest absolute Gasteiger partial charge is 0.176 e. The average molecular weight is 520 g/mol. The molecule has 0 aliphatic rings. The van der Waals surface area contributed by atoms with E-state index in [-0.39, 0.29) is 0 Å². The van der Waals surface area contributed by atoms with E-state index in [2.05, 4.69) is 20.8 Å². The molecule has 4 rings (SSSR count). The maximum Gasteiger partial charge on any atom is 0.176 e. The van der Waals surface area contributed by atoms with E-state index < -0.39 is 0 Å². The van der Waals surface area contributed by atoms with E-state index in [0.29, 0.717) is 39.1 Å². The van der Waals surface area contributed by atoms with Gasteiger partial charge in [0.2, 0.25) is 0 Å². The minimum Gasteiger partial charge on any atom is -0.329 e. The maximum atomic E-state index is 6.31. The molecule has 0 spiro atoms. The highest BCUT2D eigenvalue weighted by Gasteiger charge is 2.15. The lowest BCUT2D eigenvalue weighted by Gasteiger charge is -2.10. The van der Waals surface area contributed by atoms with Gasteiger partial charge < -0.3 is 10.6 Å². The number of benzene rings is 2. The van der Waals surface area contributed by atoms with E-state index >= 15 is 0 Å². The van der Waals surface area contributed by atoms with Crippen LogP contribution in [0.1, 0.15) is 22.5 Å². The van der Waals surface area contributed by atoms with Crippen molar-refractivity contribution in [3.05, 3.63) is 92.3 Å². The SMILES string of the molecule is Cc1nn(Cc2ccccc2Cl)c(C)c1NC(=S)Nc1ccn(Cc2c(Cl)cccc2Cl)n1. The summed E-state index contributed by atoms with van der Waals surface area (Å²) in [6, 6.07) is 15.0. The first-order chi connectivity index (χ1) is 15.8. The highest BCUT2D eigenvalue weighted by molar-refractivity contribution is 7.80. The second-order valence-corrected chi connectivity index (χ2v) is 9.10. The fraction of sp³-hybridized carbons (Fsp3) is 0.174. The van der Waals surface area contributed by atoms with Crippen LogP contribution >= 0.6 is 47.0 Å². The Labute approximate surface area is 212 Å². The van der Waals surface area contributed by atoms with Gasteiger partial charge in [-0.15, -0.1) is 0 Å². The topological polar surface area (TPSA) is 59.7 Å². The van der Waals surface area contributed by atoms with Gasteiger partial charge >= 0.3 is 0 Å². The van der Waals surface area contributed by atoms with Gasteiger partial charge in [-0.05, 0) is 49.8 Å². The molecule has 0 aliphatic carbocycles. The van der Waals surface area contributed by atoms with E-state index in [0.717, 1.165) is 28.2 Å². The predicted molar refractivity (Wildman–Crippen MR) is 140 cm³/mol. The summed E-state index contributed by atoms with van der Waals surface area (Å²) in [6.07, 6.45) is 1.84. The lowest BCUT2D eigenvalue weighted by molar-refractivity contribution is 0.659. The van der Waals surface area contributed by atoms with Gasteiger partial charge in [-0.3, -0.25) is 9.36 Å². The molecule has 6 nitrogen and oxygen atoms in total. The summed E-state index contributed by atoms with van der Waals surface area (Å²) in [4.78, 5) is 0. The number of aromatic nitrogens is 4. The Morgan fingerprint density at radius 2 is 1.58 bits per heavy atom. The van der Waals surface area contributed by atoms with Gasteiger partial charge in [0.1, 0.15) is 0 Å². The maximum absolute atomic E-state index is 6.31. The van der Waals surface area contributed by atoms with Crippen LogP contribution in [0.4, 0.5) is 11.5 Å². The fourth-order valence-electron chi connectivity index (χ4n) is 3.44. The number of anilines is 2. The summed E-state index contributed by atoms with van der Waals surface area (Å²) in [7, 11) is 0. The molecule has 0 amide bonds. The third kappa shape index (κ3) is 5.50. The monoisotopic (exact) mass is 518 g/mol. The molecule has 170 valence electrons. The number of nitrogens with one attached hydrogen (secondary N) is 2. The second kappa shape index (κ2) is 10.1. The van der Waals surface area contributed by atoms with E-state index in [9.17, 15) is 0 Å². The number of hydrogen-bond acceptors (Lipinski definition) is 3. The number of hydrogen-bond donors (Lipinski definition) is 2. The molecule has 10 heteroatoms. The Morgan fingerprint density at radius 1 is 0.879 bits per heavy atom. The van der Waals surface area contributed by atoms with E-state index in [1.807, 2.05) is 61.1 Å². The Kier molecular flexibility index (Phi) is 7.24. The molecule has 2 aromatic heterocycles. The normalized spacial score (nSPS) is 10.9. The molecule has 0 saturated heterocycles. The Bertz CT molecular complexity index is 1290. The van der Waals surface area contributed by atoms with Crippen molar-refractivity contribution in [1.29, 1.82) is 0 Å². The summed E-state index contributed by atoms with van der Waals surface area (Å²) in [5, 5.41) is 17.8. The third-order valence-corrected chi connectivity index (χ3v) is 6.44. The van der Waals surface area contributed by atoms with Crippen LogP contribution in [0.25, 0.3) is 0 Å². The first-order valence-corrected chi connectivity index (χ1v) is 11.7. The van der Waals surface area contributed by atoms with Crippen LogP contribution in [-0.4, -0.2) is 24.7 Å². The summed E-state index contributed by atoms with van der Waals surface area (Å²) in [6.45, 7) is 4.95. The van der Waals surface area contributed by atoms with E-state index in [1.54, 1.807) is 16.8 Å². The van der Waals surface area contributed by atoms with Gasteiger partial charge in [-0.25, -0.2) is 0 Å². The van der Waals surface area contributed by atoms with E-state index in [4.69, 9.17) is 47.0 Å². The van der Waals surface area contributed by atoms with Gasteiger partial charge in [-0.1, -0.05) is 59.1 Å². The first kappa shape index (κ1) is 23.6. The Balaban J connectivity index is 1.42. The van der Waals surface area contributed by atoms with Crippen molar-refractivity contribution in [2.75, 3.05) is 10.6 Å². The average Bonchev–Trinajstić information content (AvgIpc) is 3.31. The molecule has 0 aliphatic heterocycles. The molecule has 0 fully saturated rings. The summed E-state index contributed by atoms with van der Waals surface area (Å²) >= 11 is 24.3. The molecule has 0 unspecified atom stereocenters. The zero-order chi connectivity index (χ0) is 23.5. The van der Waals surface area contributed by atoms with E-state index in [1.165, 1.54) is 0 Å². The quantitative estimate of drug-likeness (QED) is 0.282. The van der Waals surface area contributed by atoms with Crippen LogP contribution in [0.2, 0.25) is 15.1 Å². The van der Waals surface area contributed by atoms with Crippen molar-refractivity contribution in [1.82, 2.24) is 19.6 Å². The molecule has 2 heterocycles. The lowest BCUT2D eigenvalue weighted by Crippen LogP contribution is -2.20. The van der Waals surface area contributed by atoms with Gasteiger partial charge in [0.25, 0.3) is 0 Å². The highest BCUT2D eigenvalue weighted by Crippen LogP contribution is 2.26. The lowest BCUT2D eigenvalue weighted by atomic mass is 10.2. The Hall–Kier alpha value is -2.58. The van der Waals surface area contributed by atoms with Crippen LogP contribution in [0, 0.1) is 13.8 Å². The minimum absolute atomic E-state index is 0.416. The molecule has 33 heavy (non-hydrogen) atoms. The van der Waals surface area contributed by atoms with Gasteiger partial charge in [0.15, 0.2) is 10.9 Å². The first-order valence-electron chi connectivity index (χ1n) is 10.1.